The van der Waals surface area contributed by atoms with Gasteiger partial charge in [-0.1, -0.05) is 24.6 Å². The predicted molar refractivity (Wildman–Crippen MR) is 103 cm³/mol. The summed E-state index contributed by atoms with van der Waals surface area (Å²) in [6.07, 6.45) is 4.56. The number of nitrogens with zero attached hydrogens (tertiary/aromatic N) is 4. The van der Waals surface area contributed by atoms with Gasteiger partial charge in [0, 0.05) is 37.9 Å². The first-order chi connectivity index (χ1) is 12.7. The maximum Gasteiger partial charge on any atom is 0.253 e. The Bertz CT molecular complexity index is 923. The average molecular weight is 349 g/mol. The Morgan fingerprint density at radius 2 is 1.85 bits per heavy atom. The number of amides is 1. The Labute approximate surface area is 152 Å². The van der Waals surface area contributed by atoms with Gasteiger partial charge in [0.25, 0.3) is 5.91 Å². The molecule has 4 rings (SSSR count). The highest BCUT2D eigenvalue weighted by Gasteiger charge is 2.24. The number of aromatic nitrogens is 3. The molecule has 3 aromatic rings. The van der Waals surface area contributed by atoms with Gasteiger partial charge in [-0.15, -0.1) is 0 Å². The molecule has 2 aromatic heterocycles. The molecule has 0 atom stereocenters. The monoisotopic (exact) mass is 349 g/mol. The van der Waals surface area contributed by atoms with Crippen LogP contribution in [0.5, 0.6) is 0 Å². The lowest BCUT2D eigenvalue weighted by atomic mass is 10.1. The number of carbonyl (C=O) groups excluding carboxylic acids is 1. The smallest absolute Gasteiger partial charge is 0.253 e. The molecule has 0 saturated carbocycles. The second-order valence-electron chi connectivity index (χ2n) is 6.73. The number of rotatable bonds is 3. The number of nitrogens with one attached hydrogen (secondary N) is 1. The van der Waals surface area contributed by atoms with Crippen LogP contribution in [0.3, 0.4) is 0 Å². The lowest BCUT2D eigenvalue weighted by Crippen LogP contribution is -2.49. The molecular formula is C20H23N5O. The van der Waals surface area contributed by atoms with Crippen molar-refractivity contribution in [2.45, 2.75) is 20.3 Å². The van der Waals surface area contributed by atoms with Gasteiger partial charge in [-0.05, 0) is 31.0 Å². The van der Waals surface area contributed by atoms with Gasteiger partial charge < -0.3 is 14.8 Å². The van der Waals surface area contributed by atoms with Crippen LogP contribution in [0.25, 0.3) is 11.0 Å². The Morgan fingerprint density at radius 1 is 1.12 bits per heavy atom. The number of fused-ring (bicyclic) bond motifs is 1. The Hall–Kier alpha value is -2.89. The van der Waals surface area contributed by atoms with Gasteiger partial charge in [-0.25, -0.2) is 9.97 Å². The first-order valence-corrected chi connectivity index (χ1v) is 9.09. The van der Waals surface area contributed by atoms with Gasteiger partial charge in [0.15, 0.2) is 0 Å². The van der Waals surface area contributed by atoms with Crippen molar-refractivity contribution in [2.75, 3.05) is 31.1 Å². The van der Waals surface area contributed by atoms with E-state index in [2.05, 4.69) is 26.8 Å². The number of aryl methyl sites for hydroxylation is 2. The second kappa shape index (κ2) is 6.78. The summed E-state index contributed by atoms with van der Waals surface area (Å²) < 4.78 is 0. The fourth-order valence-corrected chi connectivity index (χ4v) is 3.53. The molecule has 1 N–H and O–H groups in total. The molecule has 0 radical (unpaired) electrons. The third-order valence-corrected chi connectivity index (χ3v) is 5.08. The van der Waals surface area contributed by atoms with Crippen LogP contribution in [0.2, 0.25) is 0 Å². The quantitative estimate of drug-likeness (QED) is 0.790. The average Bonchev–Trinajstić information content (AvgIpc) is 3.11. The standard InChI is InChI=1S/C20H23N5O/c1-3-15-12-21-18-17(15)19(23-13-22-18)24-8-10-25(11-9-24)20(26)16-6-4-14(2)5-7-16/h4-7,12-13H,3,8-11H2,1-2H3,(H,21,22,23). The third kappa shape index (κ3) is 2.92. The number of benzene rings is 1. The maximum absolute atomic E-state index is 12.7. The highest BCUT2D eigenvalue weighted by atomic mass is 16.2. The molecule has 134 valence electrons. The summed E-state index contributed by atoms with van der Waals surface area (Å²) in [5, 5.41) is 1.10. The van der Waals surface area contributed by atoms with Gasteiger partial charge in [0.1, 0.15) is 17.8 Å². The minimum absolute atomic E-state index is 0.105. The number of carbonyl (C=O) groups is 1. The Kier molecular flexibility index (Phi) is 4.32. The molecular weight excluding hydrogens is 326 g/mol. The molecule has 1 fully saturated rings. The van der Waals surface area contributed by atoms with Crippen molar-refractivity contribution in [3.63, 3.8) is 0 Å². The molecule has 3 heterocycles. The van der Waals surface area contributed by atoms with Gasteiger partial charge in [0.05, 0.1) is 5.39 Å². The number of piperazine rings is 1. The van der Waals surface area contributed by atoms with Crippen LogP contribution >= 0.6 is 0 Å². The van der Waals surface area contributed by atoms with Gasteiger partial charge in [-0.2, -0.15) is 0 Å². The summed E-state index contributed by atoms with van der Waals surface area (Å²) >= 11 is 0. The van der Waals surface area contributed by atoms with Crippen molar-refractivity contribution in [2.24, 2.45) is 0 Å². The van der Waals surface area contributed by atoms with Crippen LogP contribution in [0, 0.1) is 6.92 Å². The van der Waals surface area contributed by atoms with E-state index in [1.54, 1.807) is 6.33 Å². The molecule has 1 amide bonds. The molecule has 6 heteroatoms. The summed E-state index contributed by atoms with van der Waals surface area (Å²) in [5.74, 6) is 1.07. The molecule has 1 saturated heterocycles. The second-order valence-corrected chi connectivity index (χ2v) is 6.73. The van der Waals surface area contributed by atoms with Crippen LogP contribution in [0.15, 0.2) is 36.8 Å². The minimum atomic E-state index is 0.105. The highest BCUT2D eigenvalue weighted by molar-refractivity contribution is 5.95. The lowest BCUT2D eigenvalue weighted by molar-refractivity contribution is 0.0746. The summed E-state index contributed by atoms with van der Waals surface area (Å²) in [6.45, 7) is 7.11. The molecule has 1 aliphatic heterocycles. The fourth-order valence-electron chi connectivity index (χ4n) is 3.53. The van der Waals surface area contributed by atoms with Crippen molar-refractivity contribution >= 4 is 22.8 Å². The topological polar surface area (TPSA) is 65.1 Å². The number of hydrogen-bond acceptors (Lipinski definition) is 4. The summed E-state index contributed by atoms with van der Waals surface area (Å²) in [5.41, 5.74) is 4.03. The van der Waals surface area contributed by atoms with Crippen LogP contribution in [-0.2, 0) is 6.42 Å². The Morgan fingerprint density at radius 3 is 2.54 bits per heavy atom. The van der Waals surface area contributed by atoms with E-state index in [1.165, 1.54) is 5.56 Å². The number of hydrogen-bond donors (Lipinski definition) is 1. The molecule has 26 heavy (non-hydrogen) atoms. The first-order valence-electron chi connectivity index (χ1n) is 9.09. The van der Waals surface area contributed by atoms with E-state index in [9.17, 15) is 4.79 Å². The van der Waals surface area contributed by atoms with Crippen LogP contribution in [0.4, 0.5) is 5.82 Å². The van der Waals surface area contributed by atoms with E-state index in [0.717, 1.165) is 47.5 Å². The van der Waals surface area contributed by atoms with Crippen molar-refractivity contribution in [3.8, 4) is 0 Å². The summed E-state index contributed by atoms with van der Waals surface area (Å²) in [4.78, 5) is 29.0. The van der Waals surface area contributed by atoms with Gasteiger partial charge >= 0.3 is 0 Å². The zero-order valence-corrected chi connectivity index (χ0v) is 15.2. The number of H-pyrrole nitrogens is 1. The fraction of sp³-hybridized carbons (Fsp3) is 0.350. The van der Waals surface area contributed by atoms with Gasteiger partial charge in [-0.3, -0.25) is 4.79 Å². The molecule has 0 unspecified atom stereocenters. The van der Waals surface area contributed by atoms with Crippen LogP contribution in [0.1, 0.15) is 28.4 Å². The maximum atomic E-state index is 12.7. The van der Waals surface area contributed by atoms with Crippen molar-refractivity contribution in [1.29, 1.82) is 0 Å². The SMILES string of the molecule is CCc1c[nH]c2ncnc(N3CCN(C(=O)c4ccc(C)cc4)CC3)c12. The van der Waals surface area contributed by atoms with E-state index in [1.807, 2.05) is 42.3 Å². The normalized spacial score (nSPS) is 14.8. The van der Waals surface area contributed by atoms with E-state index in [-0.39, 0.29) is 5.91 Å². The molecule has 1 aromatic carbocycles. The van der Waals surface area contributed by atoms with Gasteiger partial charge in [0.2, 0.25) is 0 Å². The van der Waals surface area contributed by atoms with E-state index in [0.29, 0.717) is 13.1 Å². The molecule has 0 aliphatic carbocycles. The van der Waals surface area contributed by atoms with Crippen molar-refractivity contribution in [1.82, 2.24) is 19.9 Å². The van der Waals surface area contributed by atoms with Crippen molar-refractivity contribution < 1.29 is 4.79 Å². The van der Waals surface area contributed by atoms with E-state index < -0.39 is 0 Å². The highest BCUT2D eigenvalue weighted by Crippen LogP contribution is 2.27. The molecule has 0 bridgehead atoms. The minimum Gasteiger partial charge on any atom is -0.352 e. The third-order valence-electron chi connectivity index (χ3n) is 5.08. The predicted octanol–water partition coefficient (Wildman–Crippen LogP) is 2.79. The van der Waals surface area contributed by atoms with Crippen molar-refractivity contribution in [3.05, 3.63) is 53.5 Å². The van der Waals surface area contributed by atoms with Crippen LogP contribution in [-0.4, -0.2) is 51.9 Å². The Balaban J connectivity index is 1.51. The van der Waals surface area contributed by atoms with Crippen LogP contribution < -0.4 is 4.90 Å². The zero-order chi connectivity index (χ0) is 18.1. The number of anilines is 1. The largest absolute Gasteiger partial charge is 0.352 e. The first kappa shape index (κ1) is 16.6. The lowest BCUT2D eigenvalue weighted by Gasteiger charge is -2.35. The number of aromatic amines is 1. The summed E-state index contributed by atoms with van der Waals surface area (Å²) in [6, 6.07) is 7.79. The molecule has 1 aliphatic rings. The summed E-state index contributed by atoms with van der Waals surface area (Å²) in [7, 11) is 0. The van der Waals surface area contributed by atoms with E-state index in [4.69, 9.17) is 0 Å². The molecule has 0 spiro atoms. The zero-order valence-electron chi connectivity index (χ0n) is 15.2. The van der Waals surface area contributed by atoms with E-state index >= 15 is 0 Å². The molecule has 6 nitrogen and oxygen atoms in total.